The van der Waals surface area contributed by atoms with Crippen LogP contribution in [0.4, 0.5) is 0 Å². The summed E-state index contributed by atoms with van der Waals surface area (Å²) >= 11 is 0. The lowest BCUT2D eigenvalue weighted by Gasteiger charge is -2.48. The smallest absolute Gasteiger partial charge is 0.0459 e. The highest BCUT2D eigenvalue weighted by atomic mass is 16.5. The summed E-state index contributed by atoms with van der Waals surface area (Å²) in [7, 11) is 0. The first-order chi connectivity index (χ1) is 5.26. The van der Waals surface area contributed by atoms with E-state index in [1.54, 1.807) is 0 Å². The van der Waals surface area contributed by atoms with E-state index in [2.05, 4.69) is 0 Å². The summed E-state index contributed by atoms with van der Waals surface area (Å²) in [5.41, 5.74) is 6.97. The molecule has 1 aliphatic rings. The molecule has 1 rings (SSSR count). The van der Waals surface area contributed by atoms with Crippen molar-refractivity contribution in [2.24, 2.45) is 0 Å². The molecule has 0 bridgehead atoms. The lowest BCUT2D eigenvalue weighted by Crippen LogP contribution is -2.59. The van der Waals surface area contributed by atoms with E-state index in [1.807, 2.05) is 27.7 Å². The van der Waals surface area contributed by atoms with Gasteiger partial charge < -0.3 is 0 Å². The van der Waals surface area contributed by atoms with Crippen molar-refractivity contribution >= 4 is 0 Å². The molecule has 0 aliphatic carbocycles. The molecule has 0 aromatic heterocycles. The first-order valence-electron chi connectivity index (χ1n) is 4.44. The van der Waals surface area contributed by atoms with Gasteiger partial charge in [-0.3, -0.25) is 5.73 Å². The molecule has 0 atom stereocenters. The van der Waals surface area contributed by atoms with Crippen molar-refractivity contribution in [3.63, 3.8) is 0 Å². The Morgan fingerprint density at radius 1 is 1.17 bits per heavy atom. The van der Waals surface area contributed by atoms with E-state index in [4.69, 9.17) is 5.73 Å². The van der Waals surface area contributed by atoms with E-state index in [9.17, 15) is 5.21 Å². The van der Waals surface area contributed by atoms with Crippen LogP contribution in [-0.2, 0) is 5.21 Å². The summed E-state index contributed by atoms with van der Waals surface area (Å²) in [6, 6.07) is -0.0831. The molecule has 12 heavy (non-hydrogen) atoms. The first kappa shape index (κ1) is 9.96. The second-order valence-corrected chi connectivity index (χ2v) is 5.02. The van der Waals surface area contributed by atoms with Gasteiger partial charge in [-0.2, -0.15) is 0 Å². The van der Waals surface area contributed by atoms with Crippen molar-refractivity contribution in [3.8, 4) is 0 Å². The van der Waals surface area contributed by atoms with E-state index in [0.717, 1.165) is 5.06 Å². The molecular formula is C9H18N2O. The number of hydrogen-bond donors (Lipinski definition) is 0. The summed E-state index contributed by atoms with van der Waals surface area (Å²) in [6.07, 6.45) is 1.36. The van der Waals surface area contributed by atoms with Gasteiger partial charge in [0.2, 0.25) is 0 Å². The minimum Gasteiger partial charge on any atom is -0.254 e. The Hall–Kier alpha value is -0.120. The zero-order chi connectivity index (χ0) is 9.57. The van der Waals surface area contributed by atoms with Gasteiger partial charge in [0.1, 0.15) is 0 Å². The van der Waals surface area contributed by atoms with Crippen LogP contribution in [0.2, 0.25) is 0 Å². The standard InChI is InChI=1S/C9H18N2O/c1-8(2)5-7(10)6-9(3,4)11(8)12/h7,10H,5-6H2,1-4H3. The number of hydrogen-bond acceptors (Lipinski definition) is 1. The van der Waals surface area contributed by atoms with E-state index in [0.29, 0.717) is 12.8 Å². The normalized spacial score (nSPS) is 30.5. The van der Waals surface area contributed by atoms with Crippen LogP contribution in [0, 0.1) is 0 Å². The first-order valence-corrected chi connectivity index (χ1v) is 4.44. The fourth-order valence-electron chi connectivity index (χ4n) is 2.26. The van der Waals surface area contributed by atoms with Gasteiger partial charge in [0.15, 0.2) is 0 Å². The molecule has 1 saturated heterocycles. The lowest BCUT2D eigenvalue weighted by molar-refractivity contribution is -0.289. The van der Waals surface area contributed by atoms with Crippen LogP contribution in [0.15, 0.2) is 0 Å². The SMILES string of the molecule is CC1(C)CC([NH])CC(C)(C)N1[O]. The third kappa shape index (κ3) is 1.63. The maximum atomic E-state index is 11.7. The predicted octanol–water partition coefficient (Wildman–Crippen LogP) is 1.64. The number of hydroxylamine groups is 2. The minimum atomic E-state index is -0.367. The Bertz CT molecular complexity index is 159. The van der Waals surface area contributed by atoms with Gasteiger partial charge in [-0.15, -0.1) is 10.3 Å². The minimum absolute atomic E-state index is 0.0831. The lowest BCUT2D eigenvalue weighted by atomic mass is 9.79. The van der Waals surface area contributed by atoms with Gasteiger partial charge in [-0.05, 0) is 40.5 Å². The average molecular weight is 170 g/mol. The summed E-state index contributed by atoms with van der Waals surface area (Å²) in [5, 5.41) is 12.9. The van der Waals surface area contributed by atoms with Crippen molar-refractivity contribution in [3.05, 3.63) is 0 Å². The monoisotopic (exact) mass is 170 g/mol. The quantitative estimate of drug-likeness (QED) is 0.545. The van der Waals surface area contributed by atoms with E-state index >= 15 is 0 Å². The number of nitrogens with zero attached hydrogens (tertiary/aromatic N) is 1. The van der Waals surface area contributed by atoms with Crippen LogP contribution in [0.5, 0.6) is 0 Å². The highest BCUT2D eigenvalue weighted by Gasteiger charge is 2.45. The Morgan fingerprint density at radius 3 is 1.83 bits per heavy atom. The Balaban J connectivity index is 2.84. The molecule has 0 unspecified atom stereocenters. The van der Waals surface area contributed by atoms with Gasteiger partial charge in [0.05, 0.1) is 0 Å². The largest absolute Gasteiger partial charge is 0.254 e. The predicted molar refractivity (Wildman–Crippen MR) is 46.8 cm³/mol. The highest BCUT2D eigenvalue weighted by Crippen LogP contribution is 2.36. The van der Waals surface area contributed by atoms with Crippen molar-refractivity contribution in [1.82, 2.24) is 10.8 Å². The second kappa shape index (κ2) is 2.69. The third-order valence-corrected chi connectivity index (χ3v) is 2.59. The molecule has 0 aromatic rings. The molecule has 3 nitrogen and oxygen atoms in total. The summed E-state index contributed by atoms with van der Waals surface area (Å²) in [5.74, 6) is 0. The third-order valence-electron chi connectivity index (χ3n) is 2.59. The number of nitrogens with one attached hydrogen (secondary N) is 1. The molecule has 1 aliphatic heterocycles. The molecule has 1 fully saturated rings. The van der Waals surface area contributed by atoms with Crippen molar-refractivity contribution < 1.29 is 5.21 Å². The van der Waals surface area contributed by atoms with Gasteiger partial charge in [-0.1, -0.05) is 0 Å². The fraction of sp³-hybridized carbons (Fsp3) is 1.00. The fourth-order valence-corrected chi connectivity index (χ4v) is 2.26. The summed E-state index contributed by atoms with van der Waals surface area (Å²) in [6.45, 7) is 7.68. The Kier molecular flexibility index (Phi) is 2.23. The molecule has 0 saturated carbocycles. The van der Waals surface area contributed by atoms with Crippen LogP contribution in [-0.4, -0.2) is 22.2 Å². The van der Waals surface area contributed by atoms with Crippen molar-refractivity contribution in [2.45, 2.75) is 57.7 Å². The zero-order valence-electron chi connectivity index (χ0n) is 8.35. The van der Waals surface area contributed by atoms with E-state index in [1.165, 1.54) is 0 Å². The van der Waals surface area contributed by atoms with Crippen molar-refractivity contribution in [2.75, 3.05) is 0 Å². The maximum absolute atomic E-state index is 11.7. The molecule has 0 amide bonds. The van der Waals surface area contributed by atoms with Gasteiger partial charge in [0, 0.05) is 17.1 Å². The molecule has 0 spiro atoms. The molecule has 1 N–H and O–H groups in total. The average Bonchev–Trinajstić information content (AvgIpc) is 1.80. The number of rotatable bonds is 0. The molecule has 3 heteroatoms. The van der Waals surface area contributed by atoms with Crippen LogP contribution < -0.4 is 5.73 Å². The molecule has 70 valence electrons. The van der Waals surface area contributed by atoms with Crippen LogP contribution in [0.3, 0.4) is 0 Å². The molecule has 2 radical (unpaired) electrons. The molecular weight excluding hydrogens is 152 g/mol. The van der Waals surface area contributed by atoms with Gasteiger partial charge in [-0.25, -0.2) is 0 Å². The summed E-state index contributed by atoms with van der Waals surface area (Å²) < 4.78 is 0. The van der Waals surface area contributed by atoms with Gasteiger partial charge in [0.25, 0.3) is 0 Å². The van der Waals surface area contributed by atoms with Gasteiger partial charge >= 0.3 is 0 Å². The maximum Gasteiger partial charge on any atom is 0.0459 e. The topological polar surface area (TPSA) is 46.9 Å². The van der Waals surface area contributed by atoms with Crippen LogP contribution in [0.1, 0.15) is 40.5 Å². The van der Waals surface area contributed by atoms with Crippen molar-refractivity contribution in [1.29, 1.82) is 0 Å². The molecule has 0 aromatic carbocycles. The van der Waals surface area contributed by atoms with E-state index < -0.39 is 0 Å². The zero-order valence-corrected chi connectivity index (χ0v) is 8.35. The van der Waals surface area contributed by atoms with E-state index in [-0.39, 0.29) is 17.1 Å². The summed E-state index contributed by atoms with van der Waals surface area (Å²) in [4.78, 5) is 0. The number of piperidine rings is 1. The van der Waals surface area contributed by atoms with Crippen LogP contribution in [0.25, 0.3) is 0 Å². The Labute approximate surface area is 74.5 Å². The highest BCUT2D eigenvalue weighted by molar-refractivity contribution is 4.97. The molecule has 1 heterocycles. The van der Waals surface area contributed by atoms with Crippen LogP contribution >= 0.6 is 0 Å². The second-order valence-electron chi connectivity index (χ2n) is 5.02. The Morgan fingerprint density at radius 2 is 1.50 bits per heavy atom.